The van der Waals surface area contributed by atoms with Crippen molar-refractivity contribution in [2.24, 2.45) is 17.8 Å². The number of nitrogens with zero attached hydrogens (tertiary/aromatic N) is 3. The van der Waals surface area contributed by atoms with Crippen LogP contribution < -0.4 is 0 Å². The van der Waals surface area contributed by atoms with Gasteiger partial charge in [-0.25, -0.2) is 10.0 Å². The van der Waals surface area contributed by atoms with Crippen LogP contribution in [0.25, 0.3) is 0 Å². The minimum absolute atomic E-state index is 0.165. The average Bonchev–Trinajstić information content (AvgIpc) is 3.49. The van der Waals surface area contributed by atoms with Gasteiger partial charge >= 0.3 is 5.97 Å². The van der Waals surface area contributed by atoms with E-state index in [1.807, 2.05) is 11.5 Å². The summed E-state index contributed by atoms with van der Waals surface area (Å²) in [6, 6.07) is 0. The lowest BCUT2D eigenvalue weighted by atomic mass is 9.83. The number of carbonyl (C=O) groups is 1. The average molecular weight is 462 g/mol. The topological polar surface area (TPSA) is 66.2 Å². The SMILES string of the molecule is CCOC(=O)C(c1nnc(Br)n1COCCS(C)(C)C)C(C1CC1)C1CC1. The maximum atomic E-state index is 12.9. The highest BCUT2D eigenvalue weighted by Gasteiger charge is 2.50. The van der Waals surface area contributed by atoms with Crippen LogP contribution in [0.4, 0.5) is 0 Å². The predicted molar refractivity (Wildman–Crippen MR) is 112 cm³/mol. The monoisotopic (exact) mass is 461 g/mol. The van der Waals surface area contributed by atoms with Gasteiger partial charge in [-0.3, -0.25) is 9.36 Å². The quantitative estimate of drug-likeness (QED) is 0.370. The van der Waals surface area contributed by atoms with Crippen molar-refractivity contribution in [3.63, 3.8) is 0 Å². The van der Waals surface area contributed by atoms with Crippen molar-refractivity contribution in [3.8, 4) is 0 Å². The van der Waals surface area contributed by atoms with Crippen molar-refractivity contribution in [1.29, 1.82) is 0 Å². The Morgan fingerprint density at radius 1 is 1.22 bits per heavy atom. The van der Waals surface area contributed by atoms with Gasteiger partial charge in [0.25, 0.3) is 0 Å². The van der Waals surface area contributed by atoms with E-state index in [1.165, 1.54) is 25.7 Å². The number of hydrogen-bond acceptors (Lipinski definition) is 5. The van der Waals surface area contributed by atoms with E-state index in [4.69, 9.17) is 9.47 Å². The van der Waals surface area contributed by atoms with Crippen molar-refractivity contribution >= 4 is 31.9 Å². The highest BCUT2D eigenvalue weighted by molar-refractivity contribution is 9.10. The maximum absolute atomic E-state index is 12.9. The number of ether oxygens (including phenoxy) is 2. The summed E-state index contributed by atoms with van der Waals surface area (Å²) in [5, 5.41) is 8.58. The summed E-state index contributed by atoms with van der Waals surface area (Å²) in [6.07, 6.45) is 11.7. The maximum Gasteiger partial charge on any atom is 0.317 e. The Labute approximate surface area is 172 Å². The zero-order chi connectivity index (χ0) is 19.6. The van der Waals surface area contributed by atoms with E-state index in [-0.39, 0.29) is 11.9 Å². The molecule has 0 aromatic carbocycles. The van der Waals surface area contributed by atoms with E-state index in [0.29, 0.717) is 48.3 Å². The predicted octanol–water partition coefficient (Wildman–Crippen LogP) is 3.79. The summed E-state index contributed by atoms with van der Waals surface area (Å²) in [5.74, 6) is 2.77. The first-order chi connectivity index (χ1) is 12.8. The van der Waals surface area contributed by atoms with Crippen molar-refractivity contribution < 1.29 is 14.3 Å². The van der Waals surface area contributed by atoms with E-state index in [9.17, 15) is 4.79 Å². The third-order valence-electron chi connectivity index (χ3n) is 5.33. The van der Waals surface area contributed by atoms with E-state index in [1.54, 1.807) is 0 Å². The lowest BCUT2D eigenvalue weighted by Gasteiger charge is -2.26. The minimum atomic E-state index is -0.593. The first-order valence-electron chi connectivity index (χ1n) is 9.80. The van der Waals surface area contributed by atoms with Crippen LogP contribution in [0.1, 0.15) is 44.3 Å². The number of halogens is 1. The lowest BCUT2D eigenvalue weighted by molar-refractivity contribution is -0.147. The molecule has 2 aliphatic rings. The van der Waals surface area contributed by atoms with Crippen molar-refractivity contribution in [2.45, 2.75) is 45.3 Å². The molecule has 1 unspecified atom stereocenters. The zero-order valence-corrected chi connectivity index (χ0v) is 19.2. The Hall–Kier alpha value is -0.600. The Balaban J connectivity index is 1.78. The van der Waals surface area contributed by atoms with Crippen LogP contribution in [-0.4, -0.2) is 58.5 Å². The molecule has 1 heterocycles. The normalized spacial score (nSPS) is 19.3. The fraction of sp³-hybridized carbons (Fsp3) is 0.842. The van der Waals surface area contributed by atoms with Gasteiger partial charge < -0.3 is 9.47 Å². The molecule has 0 bridgehead atoms. The van der Waals surface area contributed by atoms with Gasteiger partial charge in [0, 0.05) is 5.75 Å². The number of hydrogen-bond donors (Lipinski definition) is 0. The molecule has 0 radical (unpaired) electrons. The van der Waals surface area contributed by atoms with Crippen LogP contribution in [0.3, 0.4) is 0 Å². The molecule has 1 aromatic heterocycles. The molecule has 27 heavy (non-hydrogen) atoms. The van der Waals surface area contributed by atoms with Gasteiger partial charge in [-0.2, -0.15) is 0 Å². The van der Waals surface area contributed by atoms with Crippen LogP contribution in [0.5, 0.6) is 0 Å². The molecule has 0 spiro atoms. The number of rotatable bonds is 11. The molecule has 3 rings (SSSR count). The third-order valence-corrected chi connectivity index (χ3v) is 7.31. The van der Waals surface area contributed by atoms with Crippen molar-refractivity contribution in [1.82, 2.24) is 14.8 Å². The minimum Gasteiger partial charge on any atom is -0.465 e. The van der Waals surface area contributed by atoms with E-state index in [2.05, 4.69) is 44.9 Å². The molecule has 0 aliphatic heterocycles. The fourth-order valence-corrected chi connectivity index (χ4v) is 4.65. The molecule has 2 fully saturated rings. The molecule has 2 aliphatic carbocycles. The molecular formula is C19H32BrN3O3S. The largest absolute Gasteiger partial charge is 0.465 e. The smallest absolute Gasteiger partial charge is 0.317 e. The molecule has 154 valence electrons. The van der Waals surface area contributed by atoms with Crippen LogP contribution >= 0.6 is 26.0 Å². The lowest BCUT2D eigenvalue weighted by Crippen LogP contribution is -2.30. The van der Waals surface area contributed by atoms with Gasteiger partial charge in [0.05, 0.1) is 13.2 Å². The van der Waals surface area contributed by atoms with Crippen molar-refractivity contribution in [3.05, 3.63) is 10.6 Å². The number of aromatic nitrogens is 3. The van der Waals surface area contributed by atoms with Crippen LogP contribution in [0, 0.1) is 17.8 Å². The molecular weight excluding hydrogens is 430 g/mol. The van der Waals surface area contributed by atoms with Gasteiger partial charge in [-0.1, -0.05) is 0 Å². The molecule has 6 nitrogen and oxygen atoms in total. The molecule has 0 saturated heterocycles. The van der Waals surface area contributed by atoms with Gasteiger partial charge in [-0.05, 0) is 85.1 Å². The Morgan fingerprint density at radius 2 is 1.85 bits per heavy atom. The van der Waals surface area contributed by atoms with Crippen LogP contribution in [0.2, 0.25) is 0 Å². The van der Waals surface area contributed by atoms with E-state index < -0.39 is 10.0 Å². The Morgan fingerprint density at radius 3 is 2.37 bits per heavy atom. The first kappa shape index (κ1) is 21.1. The summed E-state index contributed by atoms with van der Waals surface area (Å²) in [4.78, 5) is 12.9. The van der Waals surface area contributed by atoms with Crippen LogP contribution in [0.15, 0.2) is 4.73 Å². The van der Waals surface area contributed by atoms with E-state index >= 15 is 0 Å². The first-order valence-corrected chi connectivity index (χ1v) is 13.6. The van der Waals surface area contributed by atoms with E-state index in [0.717, 1.165) is 5.75 Å². The summed E-state index contributed by atoms with van der Waals surface area (Å²) in [5.41, 5.74) is 0. The second-order valence-corrected chi connectivity index (χ2v) is 13.9. The number of carbonyl (C=O) groups excluding carboxylic acids is 1. The molecule has 8 heteroatoms. The standard InChI is InChI=1S/C19H32BrN3O3S/c1-5-26-18(24)16(15(13-6-7-13)14-8-9-14)17-21-22-19(20)23(17)12-25-10-11-27(2,3)4/h13-16H,5-12H2,1-4H3. The molecule has 1 aromatic rings. The second-order valence-electron chi connectivity index (χ2n) is 8.57. The Kier molecular flexibility index (Phi) is 6.90. The third kappa shape index (κ3) is 5.70. The molecule has 2 saturated carbocycles. The summed E-state index contributed by atoms with van der Waals surface area (Å²) < 4.78 is 13.9. The molecule has 0 N–H and O–H groups in total. The zero-order valence-electron chi connectivity index (χ0n) is 16.8. The van der Waals surface area contributed by atoms with Gasteiger partial charge in [0.2, 0.25) is 4.73 Å². The second kappa shape index (κ2) is 8.82. The Bertz CT molecular complexity index is 641. The highest BCUT2D eigenvalue weighted by Crippen LogP contribution is 2.55. The van der Waals surface area contributed by atoms with Gasteiger partial charge in [0.1, 0.15) is 18.5 Å². The summed E-state index contributed by atoms with van der Waals surface area (Å²) in [7, 11) is -0.593. The number of esters is 1. The highest BCUT2D eigenvalue weighted by atomic mass is 79.9. The van der Waals surface area contributed by atoms with Crippen molar-refractivity contribution in [2.75, 3.05) is 37.7 Å². The van der Waals surface area contributed by atoms with Crippen LogP contribution in [-0.2, 0) is 21.0 Å². The summed E-state index contributed by atoms with van der Waals surface area (Å²) >= 11 is 3.48. The van der Waals surface area contributed by atoms with Gasteiger partial charge in [0.15, 0.2) is 0 Å². The fourth-order valence-electron chi connectivity index (χ4n) is 3.67. The summed E-state index contributed by atoms with van der Waals surface area (Å²) in [6.45, 7) is 3.30. The molecule has 0 amide bonds. The van der Waals surface area contributed by atoms with Gasteiger partial charge in [-0.15, -0.1) is 10.2 Å². The molecule has 1 atom stereocenters.